The molecule has 1 aliphatic heterocycles. The summed E-state index contributed by atoms with van der Waals surface area (Å²) in [7, 11) is 0. The third-order valence-electron chi connectivity index (χ3n) is 2.86. The van der Waals surface area contributed by atoms with Gasteiger partial charge in [0.1, 0.15) is 11.3 Å². The number of carboxylic acids is 1. The molecule has 0 saturated carbocycles. The number of amides is 1. The van der Waals surface area contributed by atoms with E-state index in [4.69, 9.17) is 15.4 Å². The van der Waals surface area contributed by atoms with Crippen molar-refractivity contribution in [1.29, 1.82) is 0 Å². The number of carboxylic acid groups (broad SMARTS) is 1. The molecule has 3 N–H and O–H groups in total. The molecule has 0 spiro atoms. The highest BCUT2D eigenvalue weighted by molar-refractivity contribution is 5.93. The lowest BCUT2D eigenvalue weighted by Crippen LogP contribution is -2.50. The van der Waals surface area contributed by atoms with E-state index < -0.39 is 11.5 Å². The first-order valence-corrected chi connectivity index (χ1v) is 5.17. The average Bonchev–Trinajstić information content (AvgIpc) is 2.85. The Morgan fingerprint density at radius 1 is 1.65 bits per heavy atom. The Bertz CT molecular complexity index is 470. The van der Waals surface area contributed by atoms with Crippen LogP contribution in [0.3, 0.4) is 0 Å². The Labute approximate surface area is 97.2 Å². The number of rotatable bonds is 2. The molecule has 0 aliphatic carbocycles. The first kappa shape index (κ1) is 11.6. The van der Waals surface area contributed by atoms with Gasteiger partial charge in [0.05, 0.1) is 0 Å². The van der Waals surface area contributed by atoms with Gasteiger partial charge in [-0.1, -0.05) is 5.16 Å². The number of nitrogens with zero attached hydrogens (tertiary/aromatic N) is 2. The molecule has 1 unspecified atom stereocenters. The van der Waals surface area contributed by atoms with E-state index in [1.54, 1.807) is 6.92 Å². The molecule has 2 rings (SSSR count). The first-order chi connectivity index (χ1) is 7.92. The molecule has 1 fully saturated rings. The lowest BCUT2D eigenvalue weighted by atomic mass is 10.0. The van der Waals surface area contributed by atoms with E-state index in [1.165, 1.54) is 11.0 Å². The monoisotopic (exact) mass is 239 g/mol. The number of nitrogens with two attached hydrogens (primary N) is 1. The molecule has 0 radical (unpaired) electrons. The molecule has 1 aromatic rings. The fraction of sp³-hybridized carbons (Fsp3) is 0.500. The van der Waals surface area contributed by atoms with Crippen molar-refractivity contribution in [3.8, 4) is 0 Å². The normalized spacial score (nSPS) is 24.0. The van der Waals surface area contributed by atoms with E-state index in [-0.39, 0.29) is 24.6 Å². The standard InChI is InChI=1S/C10H13N3O4/c1-6-4-7(12-17-6)8(14)13-3-2-10(11,5-13)9(15)16/h4H,2-3,5,11H2,1H3,(H,15,16). The summed E-state index contributed by atoms with van der Waals surface area (Å²) in [6.07, 6.45) is 0.241. The van der Waals surface area contributed by atoms with Crippen LogP contribution in [-0.4, -0.2) is 45.7 Å². The molecular formula is C10H13N3O4. The van der Waals surface area contributed by atoms with Gasteiger partial charge in [0, 0.05) is 19.2 Å². The van der Waals surface area contributed by atoms with Gasteiger partial charge in [-0.25, -0.2) is 0 Å². The summed E-state index contributed by atoms with van der Waals surface area (Å²) in [5, 5.41) is 12.5. The summed E-state index contributed by atoms with van der Waals surface area (Å²) in [4.78, 5) is 24.2. The molecular weight excluding hydrogens is 226 g/mol. The Hall–Kier alpha value is -1.89. The lowest BCUT2D eigenvalue weighted by Gasteiger charge is -2.19. The average molecular weight is 239 g/mol. The summed E-state index contributed by atoms with van der Waals surface area (Å²) in [6.45, 7) is 1.98. The predicted octanol–water partition coefficient (Wildman–Crippen LogP) is -0.389. The zero-order valence-corrected chi connectivity index (χ0v) is 9.34. The van der Waals surface area contributed by atoms with Crippen molar-refractivity contribution < 1.29 is 19.2 Å². The highest BCUT2D eigenvalue weighted by atomic mass is 16.5. The summed E-state index contributed by atoms with van der Waals surface area (Å²) in [6, 6.07) is 1.51. The van der Waals surface area contributed by atoms with Crippen LogP contribution < -0.4 is 5.73 Å². The SMILES string of the molecule is Cc1cc(C(=O)N2CCC(N)(C(=O)O)C2)no1. The first-order valence-electron chi connectivity index (χ1n) is 5.17. The van der Waals surface area contributed by atoms with Gasteiger partial charge in [0.2, 0.25) is 0 Å². The van der Waals surface area contributed by atoms with Crippen LogP contribution in [-0.2, 0) is 4.79 Å². The second-order valence-electron chi connectivity index (χ2n) is 4.26. The molecule has 1 aromatic heterocycles. The molecule has 17 heavy (non-hydrogen) atoms. The minimum Gasteiger partial charge on any atom is -0.480 e. The molecule has 1 amide bonds. The van der Waals surface area contributed by atoms with E-state index in [2.05, 4.69) is 5.16 Å². The summed E-state index contributed by atoms with van der Waals surface area (Å²) in [5.41, 5.74) is 4.50. The smallest absolute Gasteiger partial charge is 0.325 e. The van der Waals surface area contributed by atoms with Gasteiger partial charge >= 0.3 is 5.97 Å². The maximum absolute atomic E-state index is 11.9. The molecule has 2 heterocycles. The van der Waals surface area contributed by atoms with Crippen molar-refractivity contribution in [1.82, 2.24) is 10.1 Å². The minimum absolute atomic E-state index is 0.00687. The van der Waals surface area contributed by atoms with Crippen molar-refractivity contribution in [2.45, 2.75) is 18.9 Å². The van der Waals surface area contributed by atoms with Crippen molar-refractivity contribution >= 4 is 11.9 Å². The molecule has 1 saturated heterocycles. The highest BCUT2D eigenvalue weighted by Crippen LogP contribution is 2.20. The Morgan fingerprint density at radius 2 is 2.35 bits per heavy atom. The van der Waals surface area contributed by atoms with Gasteiger partial charge in [-0.3, -0.25) is 9.59 Å². The maximum atomic E-state index is 11.9. The summed E-state index contributed by atoms with van der Waals surface area (Å²) < 4.78 is 4.80. The van der Waals surface area contributed by atoms with Crippen LogP contribution in [0.4, 0.5) is 0 Å². The zero-order valence-electron chi connectivity index (χ0n) is 9.34. The quantitative estimate of drug-likeness (QED) is 0.727. The van der Waals surface area contributed by atoms with Crippen molar-refractivity contribution in [2.24, 2.45) is 5.73 Å². The van der Waals surface area contributed by atoms with Gasteiger partial charge in [-0.15, -0.1) is 0 Å². The van der Waals surface area contributed by atoms with Crippen LogP contribution in [0.1, 0.15) is 22.7 Å². The molecule has 92 valence electrons. The number of hydrogen-bond donors (Lipinski definition) is 2. The molecule has 0 bridgehead atoms. The lowest BCUT2D eigenvalue weighted by molar-refractivity contribution is -0.142. The second kappa shape index (κ2) is 3.85. The Morgan fingerprint density at radius 3 is 2.82 bits per heavy atom. The van der Waals surface area contributed by atoms with Gasteiger partial charge in [0.25, 0.3) is 5.91 Å². The molecule has 1 atom stereocenters. The summed E-state index contributed by atoms with van der Waals surface area (Å²) in [5.74, 6) is -0.913. The fourth-order valence-corrected chi connectivity index (χ4v) is 1.81. The number of aliphatic carboxylic acids is 1. The van der Waals surface area contributed by atoms with Crippen LogP contribution in [0.5, 0.6) is 0 Å². The second-order valence-corrected chi connectivity index (χ2v) is 4.26. The number of likely N-dealkylation sites (tertiary alicyclic amines) is 1. The number of aryl methyl sites for hydroxylation is 1. The van der Waals surface area contributed by atoms with Crippen LogP contribution in [0.2, 0.25) is 0 Å². The van der Waals surface area contributed by atoms with Crippen LogP contribution >= 0.6 is 0 Å². The molecule has 7 nitrogen and oxygen atoms in total. The van der Waals surface area contributed by atoms with Crippen LogP contribution in [0, 0.1) is 6.92 Å². The highest BCUT2D eigenvalue weighted by Gasteiger charge is 2.43. The van der Waals surface area contributed by atoms with Crippen molar-refractivity contribution in [3.05, 3.63) is 17.5 Å². The topological polar surface area (TPSA) is 110 Å². The molecule has 0 aromatic carbocycles. The van der Waals surface area contributed by atoms with E-state index >= 15 is 0 Å². The maximum Gasteiger partial charge on any atom is 0.325 e. The zero-order chi connectivity index (χ0) is 12.6. The number of aromatic nitrogens is 1. The van der Waals surface area contributed by atoms with Gasteiger partial charge < -0.3 is 20.3 Å². The number of carbonyl (C=O) groups is 2. The van der Waals surface area contributed by atoms with Crippen LogP contribution in [0.25, 0.3) is 0 Å². The fourth-order valence-electron chi connectivity index (χ4n) is 1.81. The largest absolute Gasteiger partial charge is 0.480 e. The number of carbonyl (C=O) groups excluding carboxylic acids is 1. The van der Waals surface area contributed by atoms with E-state index in [0.717, 1.165) is 0 Å². The number of hydrogen-bond acceptors (Lipinski definition) is 5. The van der Waals surface area contributed by atoms with Crippen molar-refractivity contribution in [2.75, 3.05) is 13.1 Å². The van der Waals surface area contributed by atoms with Gasteiger partial charge in [-0.2, -0.15) is 0 Å². The van der Waals surface area contributed by atoms with Gasteiger partial charge in [-0.05, 0) is 13.3 Å². The van der Waals surface area contributed by atoms with E-state index in [9.17, 15) is 9.59 Å². The minimum atomic E-state index is -1.35. The molecule has 7 heteroatoms. The molecule has 1 aliphatic rings. The van der Waals surface area contributed by atoms with E-state index in [1.807, 2.05) is 0 Å². The van der Waals surface area contributed by atoms with E-state index in [0.29, 0.717) is 12.3 Å². The summed E-state index contributed by atoms with van der Waals surface area (Å²) >= 11 is 0. The van der Waals surface area contributed by atoms with Crippen molar-refractivity contribution in [3.63, 3.8) is 0 Å². The Kier molecular flexibility index (Phi) is 2.62. The third-order valence-corrected chi connectivity index (χ3v) is 2.86. The Balaban J connectivity index is 2.11. The third kappa shape index (κ3) is 2.01. The van der Waals surface area contributed by atoms with Crippen LogP contribution in [0.15, 0.2) is 10.6 Å². The predicted molar refractivity (Wildman–Crippen MR) is 56.3 cm³/mol. The van der Waals surface area contributed by atoms with Gasteiger partial charge in [0.15, 0.2) is 5.69 Å².